The fraction of sp³-hybridized carbons (Fsp3) is 0.250. The Kier molecular flexibility index (Phi) is 3.63. The first kappa shape index (κ1) is 13.8. The number of aromatic nitrogens is 2. The summed E-state index contributed by atoms with van der Waals surface area (Å²) in [5, 5.41) is 3.27. The molecule has 0 bridgehead atoms. The number of rotatable bonds is 2. The van der Waals surface area contributed by atoms with Crippen LogP contribution in [0.1, 0.15) is 0 Å². The van der Waals surface area contributed by atoms with E-state index < -0.39 is 10.8 Å². The van der Waals surface area contributed by atoms with Gasteiger partial charge in [0, 0.05) is 46.3 Å². The van der Waals surface area contributed by atoms with Crippen LogP contribution in [0, 0.1) is 0 Å². The highest BCUT2D eigenvalue weighted by Gasteiger charge is 2.21. The van der Waals surface area contributed by atoms with Gasteiger partial charge in [-0.15, -0.1) is 11.3 Å². The second-order valence-electron chi connectivity index (χ2n) is 5.23. The number of fused-ring (bicyclic) bond motifs is 1. The molecule has 112 valence electrons. The minimum Gasteiger partial charge on any atom is -0.354 e. The summed E-state index contributed by atoms with van der Waals surface area (Å²) >= 11 is 1.65. The standard InChI is InChI=1S/C16H15N3OS2/c20-22-8-6-19(7-9-22)15-14-13(12-4-2-1-3-5-12)10-21-16(14)18-11-17-15/h1-5,10-11H,6-9H2. The molecule has 22 heavy (non-hydrogen) atoms. The molecule has 0 saturated carbocycles. The number of nitrogens with zero attached hydrogens (tertiary/aromatic N) is 3. The molecule has 1 aliphatic rings. The number of hydrogen-bond acceptors (Lipinski definition) is 5. The van der Waals surface area contributed by atoms with Gasteiger partial charge in [0.1, 0.15) is 17.0 Å². The average molecular weight is 329 g/mol. The van der Waals surface area contributed by atoms with E-state index in [0.717, 1.165) is 40.6 Å². The van der Waals surface area contributed by atoms with Gasteiger partial charge < -0.3 is 4.90 Å². The van der Waals surface area contributed by atoms with E-state index >= 15 is 0 Å². The Morgan fingerprint density at radius 2 is 1.86 bits per heavy atom. The highest BCUT2D eigenvalue weighted by Crippen LogP contribution is 2.37. The van der Waals surface area contributed by atoms with Crippen molar-refractivity contribution in [2.75, 3.05) is 29.5 Å². The predicted octanol–water partition coefficient (Wildman–Crippen LogP) is 2.93. The molecule has 1 aliphatic heterocycles. The van der Waals surface area contributed by atoms with Gasteiger partial charge in [-0.3, -0.25) is 4.21 Å². The van der Waals surface area contributed by atoms with Crippen molar-refractivity contribution in [2.24, 2.45) is 0 Å². The summed E-state index contributed by atoms with van der Waals surface area (Å²) in [6.07, 6.45) is 1.63. The average Bonchev–Trinajstić information content (AvgIpc) is 3.00. The van der Waals surface area contributed by atoms with Gasteiger partial charge in [0.25, 0.3) is 0 Å². The Labute approximate surface area is 135 Å². The van der Waals surface area contributed by atoms with Crippen LogP contribution in [0.5, 0.6) is 0 Å². The quantitative estimate of drug-likeness (QED) is 0.725. The number of hydrogen-bond donors (Lipinski definition) is 0. The van der Waals surface area contributed by atoms with Crippen LogP contribution in [-0.2, 0) is 10.8 Å². The van der Waals surface area contributed by atoms with E-state index in [0.29, 0.717) is 0 Å². The van der Waals surface area contributed by atoms with Gasteiger partial charge in [-0.1, -0.05) is 30.3 Å². The molecule has 0 atom stereocenters. The first-order valence-electron chi connectivity index (χ1n) is 7.20. The van der Waals surface area contributed by atoms with Gasteiger partial charge in [0.05, 0.1) is 5.39 Å². The Bertz CT molecular complexity index is 822. The summed E-state index contributed by atoms with van der Waals surface area (Å²) in [6, 6.07) is 10.3. The molecule has 0 N–H and O–H groups in total. The molecular formula is C16H15N3OS2. The fourth-order valence-electron chi connectivity index (χ4n) is 2.78. The van der Waals surface area contributed by atoms with Crippen LogP contribution in [0.2, 0.25) is 0 Å². The highest BCUT2D eigenvalue weighted by atomic mass is 32.2. The summed E-state index contributed by atoms with van der Waals surface area (Å²) in [6.45, 7) is 1.59. The van der Waals surface area contributed by atoms with Crippen molar-refractivity contribution in [3.63, 3.8) is 0 Å². The minimum absolute atomic E-state index is 0.683. The van der Waals surface area contributed by atoms with Crippen molar-refractivity contribution in [1.82, 2.24) is 9.97 Å². The smallest absolute Gasteiger partial charge is 0.141 e. The zero-order valence-electron chi connectivity index (χ0n) is 11.9. The summed E-state index contributed by atoms with van der Waals surface area (Å²) in [5.41, 5.74) is 2.37. The lowest BCUT2D eigenvalue weighted by Gasteiger charge is -2.28. The monoisotopic (exact) mass is 329 g/mol. The molecule has 1 aromatic carbocycles. The third-order valence-corrected chi connectivity index (χ3v) is 6.07. The van der Waals surface area contributed by atoms with Crippen molar-refractivity contribution >= 4 is 38.2 Å². The third-order valence-electron chi connectivity index (χ3n) is 3.91. The van der Waals surface area contributed by atoms with Gasteiger partial charge in [-0.05, 0) is 5.56 Å². The van der Waals surface area contributed by atoms with Crippen molar-refractivity contribution in [3.8, 4) is 11.1 Å². The van der Waals surface area contributed by atoms with Crippen LogP contribution >= 0.6 is 11.3 Å². The first-order chi connectivity index (χ1) is 10.8. The molecule has 1 fully saturated rings. The second-order valence-corrected chi connectivity index (χ2v) is 7.78. The maximum Gasteiger partial charge on any atom is 0.141 e. The zero-order chi connectivity index (χ0) is 14.9. The normalized spacial score (nSPS) is 16.3. The first-order valence-corrected chi connectivity index (χ1v) is 9.57. The van der Waals surface area contributed by atoms with Crippen LogP contribution < -0.4 is 4.90 Å². The van der Waals surface area contributed by atoms with Crippen LogP contribution in [-0.4, -0.2) is 38.8 Å². The molecule has 1 saturated heterocycles. The molecule has 2 aromatic heterocycles. The summed E-state index contributed by atoms with van der Waals surface area (Å²) in [7, 11) is -0.683. The molecule has 0 radical (unpaired) electrons. The Morgan fingerprint density at radius 3 is 2.64 bits per heavy atom. The molecule has 4 nitrogen and oxygen atoms in total. The van der Waals surface area contributed by atoms with E-state index in [1.807, 2.05) is 18.2 Å². The minimum atomic E-state index is -0.683. The van der Waals surface area contributed by atoms with Gasteiger partial charge in [-0.25, -0.2) is 9.97 Å². The van der Waals surface area contributed by atoms with Gasteiger partial charge >= 0.3 is 0 Å². The lowest BCUT2D eigenvalue weighted by Crippen LogP contribution is -2.38. The number of anilines is 1. The maximum atomic E-state index is 11.6. The summed E-state index contributed by atoms with van der Waals surface area (Å²) in [5.74, 6) is 2.41. The Hall–Kier alpha value is -1.79. The maximum absolute atomic E-state index is 11.6. The van der Waals surface area contributed by atoms with Gasteiger partial charge in [-0.2, -0.15) is 0 Å². The van der Waals surface area contributed by atoms with Crippen molar-refractivity contribution < 1.29 is 4.21 Å². The number of benzene rings is 1. The molecule has 0 unspecified atom stereocenters. The van der Waals surface area contributed by atoms with Gasteiger partial charge in [0.15, 0.2) is 0 Å². The van der Waals surface area contributed by atoms with Crippen LogP contribution in [0.3, 0.4) is 0 Å². The SMILES string of the molecule is O=S1CCN(c2ncnc3scc(-c4ccccc4)c23)CC1. The van der Waals surface area contributed by atoms with Crippen LogP contribution in [0.4, 0.5) is 5.82 Å². The Balaban J connectivity index is 1.85. The second kappa shape index (κ2) is 5.78. The summed E-state index contributed by atoms with van der Waals surface area (Å²) in [4.78, 5) is 12.2. The van der Waals surface area contributed by atoms with E-state index in [2.05, 4.69) is 32.4 Å². The van der Waals surface area contributed by atoms with E-state index in [1.54, 1.807) is 17.7 Å². The van der Waals surface area contributed by atoms with Crippen LogP contribution in [0.15, 0.2) is 42.0 Å². The van der Waals surface area contributed by atoms with E-state index in [-0.39, 0.29) is 0 Å². The Morgan fingerprint density at radius 1 is 1.09 bits per heavy atom. The molecule has 0 amide bonds. The topological polar surface area (TPSA) is 46.1 Å². The molecular weight excluding hydrogens is 314 g/mol. The van der Waals surface area contributed by atoms with Crippen molar-refractivity contribution in [3.05, 3.63) is 42.0 Å². The molecule has 0 spiro atoms. The van der Waals surface area contributed by atoms with E-state index in [4.69, 9.17) is 0 Å². The van der Waals surface area contributed by atoms with Crippen molar-refractivity contribution in [2.45, 2.75) is 0 Å². The molecule has 3 heterocycles. The molecule has 4 rings (SSSR count). The highest BCUT2D eigenvalue weighted by molar-refractivity contribution is 7.85. The number of thiophene rings is 1. The van der Waals surface area contributed by atoms with Gasteiger partial charge in [0.2, 0.25) is 0 Å². The lowest BCUT2D eigenvalue weighted by molar-refractivity contribution is 0.672. The van der Waals surface area contributed by atoms with E-state index in [9.17, 15) is 4.21 Å². The van der Waals surface area contributed by atoms with Crippen LogP contribution in [0.25, 0.3) is 21.3 Å². The summed E-state index contributed by atoms with van der Waals surface area (Å²) < 4.78 is 11.6. The van der Waals surface area contributed by atoms with Crippen molar-refractivity contribution in [1.29, 1.82) is 0 Å². The predicted molar refractivity (Wildman–Crippen MR) is 92.9 cm³/mol. The molecule has 3 aromatic rings. The lowest BCUT2D eigenvalue weighted by atomic mass is 10.1. The largest absolute Gasteiger partial charge is 0.354 e. The fourth-order valence-corrected chi connectivity index (χ4v) is 4.74. The molecule has 0 aliphatic carbocycles. The third kappa shape index (κ3) is 2.42. The van der Waals surface area contributed by atoms with E-state index in [1.165, 1.54) is 11.1 Å². The zero-order valence-corrected chi connectivity index (χ0v) is 13.6. The molecule has 6 heteroatoms.